The SMILES string of the molecule is CC(C)(C)N(C(=O)O)c1cc(CS(=O)(=O)c2ccc(Cl)cc2NS(=O)(=O)c2cc3ccccc3o2)ccn1. The fraction of sp³-hybridized carbons (Fsp3) is 0.200. The summed E-state index contributed by atoms with van der Waals surface area (Å²) in [5, 5.41) is 9.94. The van der Waals surface area contributed by atoms with Gasteiger partial charge in [-0.25, -0.2) is 18.2 Å². The van der Waals surface area contributed by atoms with Crippen LogP contribution in [0.25, 0.3) is 11.0 Å². The van der Waals surface area contributed by atoms with Gasteiger partial charge in [-0.05, 0) is 62.7 Å². The molecule has 0 spiro atoms. The zero-order valence-corrected chi connectivity index (χ0v) is 22.9. The van der Waals surface area contributed by atoms with Crippen molar-refractivity contribution in [2.45, 2.75) is 42.1 Å². The first-order valence-corrected chi connectivity index (χ1v) is 14.7. The Balaban J connectivity index is 1.69. The zero-order valence-electron chi connectivity index (χ0n) is 20.5. The van der Waals surface area contributed by atoms with Gasteiger partial charge in [0, 0.05) is 28.2 Å². The maximum atomic E-state index is 13.5. The molecule has 0 unspecified atom stereocenters. The largest absolute Gasteiger partial charge is 0.465 e. The Morgan fingerprint density at radius 1 is 1.05 bits per heavy atom. The van der Waals surface area contributed by atoms with Crippen LogP contribution in [0.1, 0.15) is 26.3 Å². The minimum absolute atomic E-state index is 0.0552. The number of benzene rings is 2. The minimum Gasteiger partial charge on any atom is -0.465 e. The Labute approximate surface area is 224 Å². The summed E-state index contributed by atoms with van der Waals surface area (Å²) in [6.45, 7) is 5.04. The monoisotopic (exact) mass is 577 g/mol. The number of hydrogen-bond acceptors (Lipinski definition) is 7. The maximum Gasteiger partial charge on any atom is 0.413 e. The molecule has 4 aromatic rings. The number of carboxylic acid groups (broad SMARTS) is 1. The molecule has 0 radical (unpaired) electrons. The van der Waals surface area contributed by atoms with Gasteiger partial charge in [0.05, 0.1) is 16.3 Å². The molecule has 2 heterocycles. The molecule has 0 bridgehead atoms. The van der Waals surface area contributed by atoms with E-state index in [0.29, 0.717) is 11.0 Å². The predicted octanol–water partition coefficient (Wildman–Crippen LogP) is 5.54. The van der Waals surface area contributed by atoms with Crippen LogP contribution in [0.15, 0.2) is 81.3 Å². The molecule has 2 aromatic carbocycles. The molecule has 2 aromatic heterocycles. The number of halogens is 1. The molecule has 10 nitrogen and oxygen atoms in total. The first-order valence-electron chi connectivity index (χ1n) is 11.2. The number of para-hydroxylation sites is 1. The van der Waals surface area contributed by atoms with E-state index in [0.717, 1.165) is 4.90 Å². The first-order chi connectivity index (χ1) is 17.7. The topological polar surface area (TPSA) is 147 Å². The fourth-order valence-electron chi connectivity index (χ4n) is 3.84. The number of hydrogen-bond donors (Lipinski definition) is 2. The van der Waals surface area contributed by atoms with Crippen molar-refractivity contribution in [3.05, 3.63) is 77.4 Å². The van der Waals surface area contributed by atoms with E-state index >= 15 is 0 Å². The van der Waals surface area contributed by atoms with Crippen molar-refractivity contribution in [3.8, 4) is 0 Å². The Morgan fingerprint density at radius 3 is 2.42 bits per heavy atom. The van der Waals surface area contributed by atoms with Gasteiger partial charge < -0.3 is 9.52 Å². The lowest BCUT2D eigenvalue weighted by Crippen LogP contribution is -2.45. The standard InChI is InChI=1S/C25H24ClN3O7S2/c1-25(2,3)29(24(30)31)22-12-16(10-11-27-22)15-37(32,33)21-9-8-18(26)14-19(21)28-38(34,35)23-13-17-6-4-5-7-20(17)36-23/h4-14,28H,15H2,1-3H3,(H,30,31). The van der Waals surface area contributed by atoms with Crippen LogP contribution in [0.3, 0.4) is 0 Å². The number of rotatable bonds is 7. The second-order valence-corrected chi connectivity index (χ2v) is 13.4. The number of furan rings is 1. The van der Waals surface area contributed by atoms with Crippen LogP contribution >= 0.6 is 11.6 Å². The average molecular weight is 578 g/mol. The fourth-order valence-corrected chi connectivity index (χ4v) is 6.61. The molecule has 0 saturated carbocycles. The van der Waals surface area contributed by atoms with Crippen molar-refractivity contribution in [3.63, 3.8) is 0 Å². The summed E-state index contributed by atoms with van der Waals surface area (Å²) >= 11 is 6.07. The number of pyridine rings is 1. The highest BCUT2D eigenvalue weighted by atomic mass is 35.5. The van der Waals surface area contributed by atoms with Gasteiger partial charge in [-0.15, -0.1) is 0 Å². The summed E-state index contributed by atoms with van der Waals surface area (Å²) < 4.78 is 60.8. The van der Waals surface area contributed by atoms with Crippen LogP contribution in [0, 0.1) is 0 Å². The number of aromatic nitrogens is 1. The predicted molar refractivity (Wildman–Crippen MR) is 144 cm³/mol. The van der Waals surface area contributed by atoms with E-state index in [2.05, 4.69) is 9.71 Å². The molecule has 2 N–H and O–H groups in total. The molecule has 0 aliphatic rings. The first kappa shape index (κ1) is 27.4. The lowest BCUT2D eigenvalue weighted by molar-refractivity contribution is 0.195. The van der Waals surface area contributed by atoms with Crippen LogP contribution in [0.4, 0.5) is 16.3 Å². The molecule has 13 heteroatoms. The van der Waals surface area contributed by atoms with Gasteiger partial charge in [-0.1, -0.05) is 29.8 Å². The highest BCUT2D eigenvalue weighted by Gasteiger charge is 2.30. The molecule has 0 aliphatic heterocycles. The van der Waals surface area contributed by atoms with E-state index in [1.54, 1.807) is 45.0 Å². The number of amides is 1. The van der Waals surface area contributed by atoms with E-state index in [9.17, 15) is 26.7 Å². The summed E-state index contributed by atoms with van der Waals surface area (Å²) in [6, 6.07) is 14.6. The van der Waals surface area contributed by atoms with Crippen LogP contribution in [0.2, 0.25) is 5.02 Å². The molecule has 0 saturated heterocycles. The maximum absolute atomic E-state index is 13.5. The van der Waals surface area contributed by atoms with Gasteiger partial charge in [0.15, 0.2) is 9.84 Å². The second kappa shape index (κ2) is 9.93. The molecular formula is C25H24ClN3O7S2. The second-order valence-electron chi connectivity index (χ2n) is 9.42. The Kier molecular flexibility index (Phi) is 7.17. The molecule has 38 heavy (non-hydrogen) atoms. The van der Waals surface area contributed by atoms with Crippen molar-refractivity contribution in [1.82, 2.24) is 4.98 Å². The van der Waals surface area contributed by atoms with Crippen LogP contribution < -0.4 is 9.62 Å². The highest BCUT2D eigenvalue weighted by Crippen LogP contribution is 2.32. The molecule has 0 fully saturated rings. The summed E-state index contributed by atoms with van der Waals surface area (Å²) in [5.41, 5.74) is -0.485. The number of sulfonamides is 1. The number of nitrogens with zero attached hydrogens (tertiary/aromatic N) is 2. The lowest BCUT2D eigenvalue weighted by atomic mass is 10.1. The van der Waals surface area contributed by atoms with Gasteiger partial charge in [0.2, 0.25) is 5.09 Å². The van der Waals surface area contributed by atoms with Crippen molar-refractivity contribution < 1.29 is 31.2 Å². The van der Waals surface area contributed by atoms with E-state index in [-0.39, 0.29) is 27.0 Å². The number of sulfone groups is 1. The zero-order chi connectivity index (χ0) is 27.9. The summed E-state index contributed by atoms with van der Waals surface area (Å²) in [5.74, 6) is -0.499. The third-order valence-corrected chi connectivity index (χ3v) is 8.64. The Morgan fingerprint density at radius 2 is 1.76 bits per heavy atom. The van der Waals surface area contributed by atoms with E-state index in [4.69, 9.17) is 16.0 Å². The number of nitrogens with one attached hydrogen (secondary N) is 1. The quantitative estimate of drug-likeness (QED) is 0.291. The van der Waals surface area contributed by atoms with Gasteiger partial charge in [0.25, 0.3) is 10.0 Å². The normalized spacial score (nSPS) is 12.4. The lowest BCUT2D eigenvalue weighted by Gasteiger charge is -2.32. The minimum atomic E-state index is -4.31. The van der Waals surface area contributed by atoms with Gasteiger partial charge >= 0.3 is 6.09 Å². The van der Waals surface area contributed by atoms with Gasteiger partial charge in [-0.2, -0.15) is 8.42 Å². The molecule has 200 valence electrons. The summed E-state index contributed by atoms with van der Waals surface area (Å²) in [6.07, 6.45) is 0.0690. The van der Waals surface area contributed by atoms with Crippen molar-refractivity contribution in [2.75, 3.05) is 9.62 Å². The van der Waals surface area contributed by atoms with Crippen molar-refractivity contribution >= 4 is 60.0 Å². The van der Waals surface area contributed by atoms with Gasteiger partial charge in [-0.3, -0.25) is 9.62 Å². The van der Waals surface area contributed by atoms with E-state index < -0.39 is 42.3 Å². The summed E-state index contributed by atoms with van der Waals surface area (Å²) in [4.78, 5) is 16.6. The van der Waals surface area contributed by atoms with E-state index in [1.165, 1.54) is 42.6 Å². The third kappa shape index (κ3) is 5.77. The molecule has 0 atom stereocenters. The van der Waals surface area contributed by atoms with Crippen LogP contribution in [-0.2, 0) is 25.6 Å². The van der Waals surface area contributed by atoms with E-state index in [1.807, 2.05) is 0 Å². The number of carbonyl (C=O) groups is 1. The average Bonchev–Trinajstić information content (AvgIpc) is 3.23. The molecule has 0 aliphatic carbocycles. The molecular weight excluding hydrogens is 554 g/mol. The molecule has 1 amide bonds. The van der Waals surface area contributed by atoms with Crippen LogP contribution in [0.5, 0.6) is 0 Å². The van der Waals surface area contributed by atoms with Crippen LogP contribution in [-0.4, -0.2) is 38.6 Å². The third-order valence-electron chi connectivity index (χ3n) is 5.45. The molecule has 4 rings (SSSR count). The highest BCUT2D eigenvalue weighted by molar-refractivity contribution is 7.93. The van der Waals surface area contributed by atoms with Crippen molar-refractivity contribution in [1.29, 1.82) is 0 Å². The summed E-state index contributed by atoms with van der Waals surface area (Å²) in [7, 11) is -8.46. The van der Waals surface area contributed by atoms with Crippen molar-refractivity contribution in [2.24, 2.45) is 0 Å². The Bertz CT molecular complexity index is 1710. The smallest absolute Gasteiger partial charge is 0.413 e. The van der Waals surface area contributed by atoms with Gasteiger partial charge in [0.1, 0.15) is 11.4 Å². The number of fused-ring (bicyclic) bond motifs is 1. The number of anilines is 2. The Hall–Kier alpha value is -3.61.